The molecular formula is C36H28O8. The Bertz CT molecular complexity index is 1640. The van der Waals surface area contributed by atoms with Gasteiger partial charge in [-0.2, -0.15) is 0 Å². The zero-order chi connectivity index (χ0) is 30.9. The molecule has 0 aromatic heterocycles. The Morgan fingerprint density at radius 3 is 0.750 bits per heavy atom. The minimum Gasteiger partial charge on any atom is -0.427 e. The number of rotatable bonds is 4. The zero-order valence-corrected chi connectivity index (χ0v) is 24.5. The van der Waals surface area contributed by atoms with E-state index in [2.05, 4.69) is 0 Å². The number of hydrogen-bond donors (Lipinski definition) is 0. The number of hydrogen-bond acceptors (Lipinski definition) is 8. The van der Waals surface area contributed by atoms with Crippen LogP contribution in [0.15, 0.2) is 72.8 Å². The summed E-state index contributed by atoms with van der Waals surface area (Å²) >= 11 is 0. The SMILES string of the molecule is CC(=O)Oc1ccc2c(c1)[C@H]1c3ccc(OC(C)=O)cc3[C@@H]2[C@@H]2c3ccc(OC(C)=O)cc3[C@H]1c1ccc(OC(C)=O)cc12. The van der Waals surface area contributed by atoms with Crippen LogP contribution in [0.2, 0.25) is 0 Å². The first-order chi connectivity index (χ1) is 21.1. The van der Waals surface area contributed by atoms with Crippen molar-refractivity contribution in [2.24, 2.45) is 0 Å². The lowest BCUT2D eigenvalue weighted by molar-refractivity contribution is -0.132. The Balaban J connectivity index is 1.55. The van der Waals surface area contributed by atoms with Crippen LogP contribution in [0.25, 0.3) is 0 Å². The molecule has 0 heterocycles. The molecule has 0 spiro atoms. The summed E-state index contributed by atoms with van der Waals surface area (Å²) in [5.41, 5.74) is 8.34. The minimum absolute atomic E-state index is 0.246. The molecule has 220 valence electrons. The van der Waals surface area contributed by atoms with E-state index in [9.17, 15) is 19.2 Å². The van der Waals surface area contributed by atoms with Gasteiger partial charge in [-0.25, -0.2) is 0 Å². The highest BCUT2D eigenvalue weighted by molar-refractivity contribution is 5.75. The van der Waals surface area contributed by atoms with Crippen molar-refractivity contribution in [1.29, 1.82) is 0 Å². The molecule has 8 nitrogen and oxygen atoms in total. The predicted octanol–water partition coefficient (Wildman–Crippen LogP) is 6.26. The molecule has 0 saturated heterocycles. The molecule has 4 atom stereocenters. The molecule has 4 aromatic rings. The minimum atomic E-state index is -0.409. The summed E-state index contributed by atoms with van der Waals surface area (Å²) in [5.74, 6) is -0.802. The largest absolute Gasteiger partial charge is 0.427 e. The fraction of sp³-hybridized carbons (Fsp3) is 0.222. The van der Waals surface area contributed by atoms with E-state index >= 15 is 0 Å². The molecule has 0 unspecified atom stereocenters. The van der Waals surface area contributed by atoms with Crippen molar-refractivity contribution in [2.45, 2.75) is 51.4 Å². The molecule has 44 heavy (non-hydrogen) atoms. The number of carbonyl (C=O) groups is 4. The van der Waals surface area contributed by atoms with Gasteiger partial charge >= 0.3 is 23.9 Å². The molecule has 4 bridgehead atoms. The lowest BCUT2D eigenvalue weighted by Gasteiger charge is -2.50. The zero-order valence-electron chi connectivity index (χ0n) is 24.5. The van der Waals surface area contributed by atoms with Gasteiger partial charge < -0.3 is 18.9 Å². The molecule has 0 N–H and O–H groups in total. The van der Waals surface area contributed by atoms with E-state index in [1.54, 1.807) is 24.3 Å². The third kappa shape index (κ3) is 4.45. The van der Waals surface area contributed by atoms with Crippen molar-refractivity contribution in [3.63, 3.8) is 0 Å². The van der Waals surface area contributed by atoms with Crippen LogP contribution in [0, 0.1) is 0 Å². The Morgan fingerprint density at radius 1 is 0.364 bits per heavy atom. The Kier molecular flexibility index (Phi) is 6.39. The van der Waals surface area contributed by atoms with Gasteiger partial charge in [-0.15, -0.1) is 0 Å². The summed E-state index contributed by atoms with van der Waals surface area (Å²) in [4.78, 5) is 47.7. The second-order valence-electron chi connectivity index (χ2n) is 11.4. The molecule has 10 rings (SSSR count). The van der Waals surface area contributed by atoms with Crippen molar-refractivity contribution < 1.29 is 38.1 Å². The molecule has 0 saturated carbocycles. The second kappa shape index (κ2) is 10.2. The van der Waals surface area contributed by atoms with E-state index in [0.29, 0.717) is 23.0 Å². The molecule has 0 aliphatic heterocycles. The molecule has 6 aliphatic rings. The van der Waals surface area contributed by atoms with Gasteiger partial charge in [0.05, 0.1) is 0 Å². The summed E-state index contributed by atoms with van der Waals surface area (Å²) in [7, 11) is 0. The Morgan fingerprint density at radius 2 is 0.568 bits per heavy atom. The fourth-order valence-electron chi connectivity index (χ4n) is 7.45. The van der Waals surface area contributed by atoms with Crippen LogP contribution < -0.4 is 18.9 Å². The van der Waals surface area contributed by atoms with Gasteiger partial charge in [0.25, 0.3) is 0 Å². The maximum absolute atomic E-state index is 11.9. The predicted molar refractivity (Wildman–Crippen MR) is 158 cm³/mol. The number of esters is 4. The summed E-state index contributed by atoms with van der Waals surface area (Å²) in [6, 6.07) is 23.0. The molecule has 0 radical (unpaired) electrons. The van der Waals surface area contributed by atoms with Gasteiger partial charge in [0.1, 0.15) is 23.0 Å². The van der Waals surface area contributed by atoms with E-state index in [-0.39, 0.29) is 23.7 Å². The monoisotopic (exact) mass is 588 g/mol. The third-order valence-electron chi connectivity index (χ3n) is 8.63. The Hall–Kier alpha value is -5.24. The third-order valence-corrected chi connectivity index (χ3v) is 8.63. The lowest BCUT2D eigenvalue weighted by atomic mass is 9.53. The maximum Gasteiger partial charge on any atom is 0.308 e. The first-order valence-corrected chi connectivity index (χ1v) is 14.4. The van der Waals surface area contributed by atoms with Gasteiger partial charge in [0, 0.05) is 51.4 Å². The topological polar surface area (TPSA) is 105 Å². The fourth-order valence-corrected chi connectivity index (χ4v) is 7.45. The van der Waals surface area contributed by atoms with E-state index in [0.717, 1.165) is 44.5 Å². The number of carbonyl (C=O) groups excluding carboxylic acids is 4. The number of benzene rings is 4. The van der Waals surface area contributed by atoms with E-state index in [1.165, 1.54) is 27.7 Å². The van der Waals surface area contributed by atoms with Crippen LogP contribution in [0.3, 0.4) is 0 Å². The molecule has 0 amide bonds. The molecular weight excluding hydrogens is 560 g/mol. The van der Waals surface area contributed by atoms with Crippen LogP contribution in [0.4, 0.5) is 0 Å². The lowest BCUT2D eigenvalue weighted by Crippen LogP contribution is -2.36. The van der Waals surface area contributed by atoms with Gasteiger partial charge in [-0.1, -0.05) is 24.3 Å². The van der Waals surface area contributed by atoms with Crippen LogP contribution in [-0.4, -0.2) is 23.9 Å². The summed E-state index contributed by atoms with van der Waals surface area (Å²) in [6.07, 6.45) is 0. The highest BCUT2D eigenvalue weighted by Gasteiger charge is 2.50. The van der Waals surface area contributed by atoms with E-state index < -0.39 is 23.9 Å². The van der Waals surface area contributed by atoms with Crippen LogP contribution in [-0.2, 0) is 19.2 Å². The normalized spacial score (nSPS) is 19.7. The van der Waals surface area contributed by atoms with Crippen LogP contribution >= 0.6 is 0 Å². The molecule has 4 aromatic carbocycles. The molecule has 0 fully saturated rings. The van der Waals surface area contributed by atoms with Crippen LogP contribution in [0.1, 0.15) is 95.9 Å². The molecule has 8 heteroatoms. The Labute approximate surface area is 253 Å². The van der Waals surface area contributed by atoms with E-state index in [4.69, 9.17) is 18.9 Å². The van der Waals surface area contributed by atoms with Crippen molar-refractivity contribution in [3.8, 4) is 23.0 Å². The van der Waals surface area contributed by atoms with Gasteiger partial charge in [0.15, 0.2) is 0 Å². The summed E-state index contributed by atoms with van der Waals surface area (Å²) in [5, 5.41) is 0. The van der Waals surface area contributed by atoms with Gasteiger partial charge in [-0.05, 0) is 93.0 Å². The summed E-state index contributed by atoms with van der Waals surface area (Å²) < 4.78 is 22.2. The average molecular weight is 589 g/mol. The standard InChI is InChI=1S/C36H28O8/c1-17(37)41-21-5-9-25-29(13-21)33-26-10-6-22(42-18(2)38)14-30(26)34(25)36-28-12-8-23(43-19(3)39)15-31(28)35(33)27-11-7-24(16-32(27)36)44-20(4)40/h5-16,33-36H,1-4H3/t33-,34-,35-,36-/m1/s1. The van der Waals surface area contributed by atoms with Crippen molar-refractivity contribution in [3.05, 3.63) is 117 Å². The van der Waals surface area contributed by atoms with Crippen molar-refractivity contribution in [1.82, 2.24) is 0 Å². The van der Waals surface area contributed by atoms with E-state index in [1.807, 2.05) is 48.5 Å². The first-order valence-electron chi connectivity index (χ1n) is 14.4. The van der Waals surface area contributed by atoms with Crippen molar-refractivity contribution in [2.75, 3.05) is 0 Å². The maximum atomic E-state index is 11.9. The quantitative estimate of drug-likeness (QED) is 0.203. The average Bonchev–Trinajstić information content (AvgIpc) is 2.93. The molecule has 6 aliphatic carbocycles. The highest BCUT2D eigenvalue weighted by Crippen LogP contribution is 2.65. The van der Waals surface area contributed by atoms with Crippen LogP contribution in [0.5, 0.6) is 23.0 Å². The number of ether oxygens (including phenoxy) is 4. The second-order valence-corrected chi connectivity index (χ2v) is 11.4. The summed E-state index contributed by atoms with van der Waals surface area (Å²) in [6.45, 7) is 5.50. The smallest absolute Gasteiger partial charge is 0.308 e. The van der Waals surface area contributed by atoms with Gasteiger partial charge in [-0.3, -0.25) is 19.2 Å². The first kappa shape index (κ1) is 27.6. The van der Waals surface area contributed by atoms with Gasteiger partial charge in [0.2, 0.25) is 0 Å². The van der Waals surface area contributed by atoms with Crippen molar-refractivity contribution >= 4 is 23.9 Å². The highest BCUT2D eigenvalue weighted by atomic mass is 16.5.